The molecule has 0 aliphatic rings. The lowest BCUT2D eigenvalue weighted by molar-refractivity contribution is 0.127. The van der Waals surface area contributed by atoms with Crippen molar-refractivity contribution in [3.05, 3.63) is 35.9 Å². The van der Waals surface area contributed by atoms with Crippen molar-refractivity contribution >= 4 is 0 Å². The van der Waals surface area contributed by atoms with Crippen molar-refractivity contribution in [1.29, 1.82) is 0 Å². The van der Waals surface area contributed by atoms with Crippen molar-refractivity contribution in [3.8, 4) is 0 Å². The van der Waals surface area contributed by atoms with E-state index in [0.717, 1.165) is 26.1 Å². The summed E-state index contributed by atoms with van der Waals surface area (Å²) in [7, 11) is 0. The van der Waals surface area contributed by atoms with E-state index in [1.807, 2.05) is 0 Å². The van der Waals surface area contributed by atoms with Gasteiger partial charge in [0, 0.05) is 13.2 Å². The first-order valence-electron chi connectivity index (χ1n) is 10.5. The Kier molecular flexibility index (Phi) is 15.0. The second-order valence-corrected chi connectivity index (χ2v) is 7.09. The zero-order chi connectivity index (χ0) is 17.1. The molecule has 1 aromatic rings. The number of hydrogen-bond acceptors (Lipinski definition) is 1. The molecule has 1 nitrogen and oxygen atoms in total. The van der Waals surface area contributed by atoms with E-state index in [4.69, 9.17) is 4.74 Å². The van der Waals surface area contributed by atoms with Gasteiger partial charge in [-0.2, -0.15) is 0 Å². The van der Waals surface area contributed by atoms with Crippen molar-refractivity contribution in [2.45, 2.75) is 96.8 Å². The Bertz CT molecular complexity index is 346. The summed E-state index contributed by atoms with van der Waals surface area (Å²) in [6.07, 6.45) is 19.1. The van der Waals surface area contributed by atoms with Crippen molar-refractivity contribution in [2.75, 3.05) is 13.2 Å². The Hall–Kier alpha value is -0.820. The van der Waals surface area contributed by atoms with Gasteiger partial charge in [-0.3, -0.25) is 0 Å². The van der Waals surface area contributed by atoms with Crippen LogP contribution in [-0.2, 0) is 11.2 Å². The molecule has 0 spiro atoms. The van der Waals surface area contributed by atoms with Gasteiger partial charge in [-0.25, -0.2) is 0 Å². The molecule has 0 bridgehead atoms. The van der Waals surface area contributed by atoms with Crippen molar-refractivity contribution in [3.63, 3.8) is 0 Å². The van der Waals surface area contributed by atoms with E-state index in [0.29, 0.717) is 0 Å². The monoisotopic (exact) mass is 332 g/mol. The normalized spacial score (nSPS) is 11.0. The molecule has 1 rings (SSSR count). The maximum atomic E-state index is 5.75. The lowest BCUT2D eigenvalue weighted by Gasteiger charge is -2.05. The molecular weight excluding hydrogens is 292 g/mol. The number of rotatable bonds is 17. The minimum Gasteiger partial charge on any atom is -0.381 e. The number of aryl methyl sites for hydroxylation is 1. The highest BCUT2D eigenvalue weighted by atomic mass is 16.5. The molecule has 1 aromatic carbocycles. The van der Waals surface area contributed by atoms with Gasteiger partial charge in [-0.05, 0) is 24.8 Å². The molecule has 0 saturated heterocycles. The van der Waals surface area contributed by atoms with Crippen LogP contribution in [0.4, 0.5) is 0 Å². The first-order chi connectivity index (χ1) is 11.9. The molecule has 0 radical (unpaired) electrons. The van der Waals surface area contributed by atoms with E-state index < -0.39 is 0 Å². The smallest absolute Gasteiger partial charge is 0.0469 e. The topological polar surface area (TPSA) is 9.23 Å². The fourth-order valence-corrected chi connectivity index (χ4v) is 3.17. The van der Waals surface area contributed by atoms with Crippen LogP contribution in [0.5, 0.6) is 0 Å². The number of benzene rings is 1. The minimum absolute atomic E-state index is 0.910. The predicted octanol–water partition coefficient (Wildman–Crippen LogP) is 7.34. The van der Waals surface area contributed by atoms with E-state index in [-0.39, 0.29) is 0 Å². The fourth-order valence-electron chi connectivity index (χ4n) is 3.17. The Labute approximate surface area is 151 Å². The highest BCUT2D eigenvalue weighted by molar-refractivity contribution is 5.14. The maximum absolute atomic E-state index is 5.75. The van der Waals surface area contributed by atoms with Crippen LogP contribution in [0.1, 0.15) is 96.0 Å². The molecule has 24 heavy (non-hydrogen) atoms. The lowest BCUT2D eigenvalue weighted by Crippen LogP contribution is -1.98. The van der Waals surface area contributed by atoms with Crippen molar-refractivity contribution in [1.82, 2.24) is 0 Å². The maximum Gasteiger partial charge on any atom is 0.0469 e. The molecule has 0 heterocycles. The van der Waals surface area contributed by atoms with E-state index in [2.05, 4.69) is 37.3 Å². The standard InChI is InChI=1S/C23H40O/c1-2-3-4-5-6-7-8-9-10-11-12-16-21-24-22-17-20-23-18-14-13-15-19-23/h13-15,18-19H,2-12,16-17,20-22H2,1H3. The number of ether oxygens (including phenoxy) is 1. The average molecular weight is 333 g/mol. The van der Waals surface area contributed by atoms with E-state index in [9.17, 15) is 0 Å². The second kappa shape index (κ2) is 17.0. The molecule has 0 N–H and O–H groups in total. The molecular formula is C23H40O. The van der Waals surface area contributed by atoms with E-state index >= 15 is 0 Å². The van der Waals surface area contributed by atoms with Gasteiger partial charge in [0.15, 0.2) is 0 Å². The molecule has 0 atom stereocenters. The highest BCUT2D eigenvalue weighted by Crippen LogP contribution is 2.12. The van der Waals surface area contributed by atoms with Gasteiger partial charge in [-0.15, -0.1) is 0 Å². The summed E-state index contributed by atoms with van der Waals surface area (Å²) in [5, 5.41) is 0. The number of unbranched alkanes of at least 4 members (excludes halogenated alkanes) is 11. The molecule has 138 valence electrons. The first kappa shape index (κ1) is 21.2. The van der Waals surface area contributed by atoms with Gasteiger partial charge in [0.05, 0.1) is 0 Å². The van der Waals surface area contributed by atoms with E-state index in [1.54, 1.807) is 0 Å². The minimum atomic E-state index is 0.910. The van der Waals surface area contributed by atoms with Gasteiger partial charge in [0.1, 0.15) is 0 Å². The molecule has 0 fully saturated rings. The zero-order valence-electron chi connectivity index (χ0n) is 16.1. The van der Waals surface area contributed by atoms with Crippen LogP contribution in [0.15, 0.2) is 30.3 Å². The van der Waals surface area contributed by atoms with Crippen molar-refractivity contribution in [2.24, 2.45) is 0 Å². The Morgan fingerprint density at radius 1 is 0.583 bits per heavy atom. The predicted molar refractivity (Wildman–Crippen MR) is 107 cm³/mol. The van der Waals surface area contributed by atoms with Crippen LogP contribution in [-0.4, -0.2) is 13.2 Å². The summed E-state index contributed by atoms with van der Waals surface area (Å²) in [6.45, 7) is 4.15. The largest absolute Gasteiger partial charge is 0.381 e. The molecule has 0 saturated carbocycles. The highest BCUT2D eigenvalue weighted by Gasteiger charge is 1.95. The van der Waals surface area contributed by atoms with E-state index in [1.165, 1.54) is 82.6 Å². The molecule has 0 aliphatic carbocycles. The van der Waals surface area contributed by atoms with Crippen LogP contribution in [0.3, 0.4) is 0 Å². The van der Waals surface area contributed by atoms with Crippen LogP contribution in [0, 0.1) is 0 Å². The summed E-state index contributed by atoms with van der Waals surface area (Å²) in [4.78, 5) is 0. The number of hydrogen-bond donors (Lipinski definition) is 0. The fraction of sp³-hybridized carbons (Fsp3) is 0.739. The van der Waals surface area contributed by atoms with Crippen LogP contribution >= 0.6 is 0 Å². The van der Waals surface area contributed by atoms with Crippen LogP contribution in [0.2, 0.25) is 0 Å². The third-order valence-corrected chi connectivity index (χ3v) is 4.74. The van der Waals surface area contributed by atoms with Gasteiger partial charge in [-0.1, -0.05) is 108 Å². The summed E-state index contributed by atoms with van der Waals surface area (Å²) >= 11 is 0. The Morgan fingerprint density at radius 3 is 1.67 bits per heavy atom. The van der Waals surface area contributed by atoms with Gasteiger partial charge in [0.2, 0.25) is 0 Å². The Balaban J connectivity index is 1.70. The molecule has 0 aliphatic heterocycles. The second-order valence-electron chi connectivity index (χ2n) is 7.09. The third-order valence-electron chi connectivity index (χ3n) is 4.74. The Morgan fingerprint density at radius 2 is 1.08 bits per heavy atom. The lowest BCUT2D eigenvalue weighted by atomic mass is 10.1. The summed E-state index contributed by atoms with van der Waals surface area (Å²) < 4.78 is 5.75. The van der Waals surface area contributed by atoms with Crippen LogP contribution < -0.4 is 0 Å². The summed E-state index contributed by atoms with van der Waals surface area (Å²) in [5.41, 5.74) is 1.42. The summed E-state index contributed by atoms with van der Waals surface area (Å²) in [6, 6.07) is 10.7. The molecule has 0 amide bonds. The molecule has 0 unspecified atom stereocenters. The van der Waals surface area contributed by atoms with Crippen molar-refractivity contribution < 1.29 is 4.74 Å². The molecule has 1 heteroatoms. The zero-order valence-corrected chi connectivity index (χ0v) is 16.1. The average Bonchev–Trinajstić information content (AvgIpc) is 2.62. The first-order valence-corrected chi connectivity index (χ1v) is 10.5. The third kappa shape index (κ3) is 13.6. The molecule has 0 aromatic heterocycles. The summed E-state index contributed by atoms with van der Waals surface area (Å²) in [5.74, 6) is 0. The SMILES string of the molecule is CCCCCCCCCCCCCCOCCCc1ccccc1. The van der Waals surface area contributed by atoms with Gasteiger partial charge in [0.25, 0.3) is 0 Å². The van der Waals surface area contributed by atoms with Gasteiger partial charge < -0.3 is 4.74 Å². The van der Waals surface area contributed by atoms with Gasteiger partial charge >= 0.3 is 0 Å². The quantitative estimate of drug-likeness (QED) is 0.271. The van der Waals surface area contributed by atoms with Crippen LogP contribution in [0.25, 0.3) is 0 Å².